The molecular formula is C10H16N2O. The molecule has 2 aliphatic heterocycles. The Hall–Kier alpha value is -0.860. The standard InChI is InChI=1S/C10H16N2O/c13-8-12-6-2-1-3-10(12)9-4-5-11-7-9/h7-10H,1-6H2. The minimum atomic E-state index is 0.442. The van der Waals surface area contributed by atoms with Crippen molar-refractivity contribution in [3.8, 4) is 0 Å². The lowest BCUT2D eigenvalue weighted by Crippen LogP contribution is -2.43. The molecule has 0 radical (unpaired) electrons. The maximum Gasteiger partial charge on any atom is 0.209 e. The zero-order chi connectivity index (χ0) is 9.10. The molecule has 2 heterocycles. The molecule has 0 bridgehead atoms. The van der Waals surface area contributed by atoms with Gasteiger partial charge in [0.15, 0.2) is 0 Å². The number of nitrogens with zero attached hydrogens (tertiary/aromatic N) is 2. The second kappa shape index (κ2) is 3.90. The largest absolute Gasteiger partial charge is 0.342 e. The fraction of sp³-hybridized carbons (Fsp3) is 0.800. The van der Waals surface area contributed by atoms with Crippen molar-refractivity contribution in [3.05, 3.63) is 0 Å². The van der Waals surface area contributed by atoms with E-state index < -0.39 is 0 Å². The minimum Gasteiger partial charge on any atom is -0.342 e. The second-order valence-corrected chi connectivity index (χ2v) is 3.91. The van der Waals surface area contributed by atoms with Crippen molar-refractivity contribution in [1.82, 2.24) is 4.90 Å². The maximum absolute atomic E-state index is 10.8. The lowest BCUT2D eigenvalue weighted by molar-refractivity contribution is -0.122. The quantitative estimate of drug-likeness (QED) is 0.585. The number of piperidine rings is 1. The van der Waals surface area contributed by atoms with Gasteiger partial charge in [0.05, 0.1) is 0 Å². The number of carbonyl (C=O) groups excluding carboxylic acids is 1. The van der Waals surface area contributed by atoms with Gasteiger partial charge in [-0.25, -0.2) is 0 Å². The van der Waals surface area contributed by atoms with Crippen molar-refractivity contribution in [3.63, 3.8) is 0 Å². The summed E-state index contributed by atoms with van der Waals surface area (Å²) >= 11 is 0. The zero-order valence-electron chi connectivity index (χ0n) is 7.85. The van der Waals surface area contributed by atoms with E-state index >= 15 is 0 Å². The SMILES string of the molecule is O=CN1CCCCC1C1C=NCC1. The Morgan fingerprint density at radius 2 is 2.31 bits per heavy atom. The summed E-state index contributed by atoms with van der Waals surface area (Å²) in [6.45, 7) is 1.90. The highest BCUT2D eigenvalue weighted by atomic mass is 16.1. The molecule has 0 N–H and O–H groups in total. The van der Waals surface area contributed by atoms with Crippen molar-refractivity contribution in [2.45, 2.75) is 31.7 Å². The Morgan fingerprint density at radius 1 is 1.38 bits per heavy atom. The van der Waals surface area contributed by atoms with Crippen LogP contribution in [0.15, 0.2) is 4.99 Å². The van der Waals surface area contributed by atoms with Crippen LogP contribution in [0.1, 0.15) is 25.7 Å². The lowest BCUT2D eigenvalue weighted by atomic mass is 9.90. The van der Waals surface area contributed by atoms with E-state index in [9.17, 15) is 4.79 Å². The molecule has 2 atom stereocenters. The van der Waals surface area contributed by atoms with E-state index in [1.165, 1.54) is 12.8 Å². The summed E-state index contributed by atoms with van der Waals surface area (Å²) in [4.78, 5) is 17.0. The predicted octanol–water partition coefficient (Wildman–Crippen LogP) is 1.09. The second-order valence-electron chi connectivity index (χ2n) is 3.91. The van der Waals surface area contributed by atoms with Crippen LogP contribution in [0.5, 0.6) is 0 Å². The normalized spacial score (nSPS) is 33.7. The van der Waals surface area contributed by atoms with E-state index in [0.29, 0.717) is 12.0 Å². The van der Waals surface area contributed by atoms with Crippen LogP contribution in [0, 0.1) is 5.92 Å². The Labute approximate surface area is 78.8 Å². The topological polar surface area (TPSA) is 32.7 Å². The summed E-state index contributed by atoms with van der Waals surface area (Å²) in [6, 6.07) is 0.442. The predicted molar refractivity (Wildman–Crippen MR) is 51.9 cm³/mol. The van der Waals surface area contributed by atoms with Gasteiger partial charge in [0.2, 0.25) is 6.41 Å². The fourth-order valence-electron chi connectivity index (χ4n) is 2.37. The highest BCUT2D eigenvalue weighted by molar-refractivity contribution is 5.65. The Bertz CT molecular complexity index is 213. The van der Waals surface area contributed by atoms with Crippen molar-refractivity contribution in [1.29, 1.82) is 0 Å². The van der Waals surface area contributed by atoms with Crippen molar-refractivity contribution >= 4 is 12.6 Å². The van der Waals surface area contributed by atoms with E-state index in [4.69, 9.17) is 0 Å². The third-order valence-corrected chi connectivity index (χ3v) is 3.11. The van der Waals surface area contributed by atoms with Crippen molar-refractivity contribution < 1.29 is 4.79 Å². The average molecular weight is 180 g/mol. The molecule has 0 aromatic rings. The molecular weight excluding hydrogens is 164 g/mol. The van der Waals surface area contributed by atoms with Crippen LogP contribution in [0.3, 0.4) is 0 Å². The van der Waals surface area contributed by atoms with Gasteiger partial charge in [-0.15, -0.1) is 0 Å². The first kappa shape index (κ1) is 8.73. The molecule has 0 aliphatic carbocycles. The zero-order valence-corrected chi connectivity index (χ0v) is 7.85. The van der Waals surface area contributed by atoms with Gasteiger partial charge in [-0.3, -0.25) is 9.79 Å². The van der Waals surface area contributed by atoms with Gasteiger partial charge in [0.1, 0.15) is 0 Å². The summed E-state index contributed by atoms with van der Waals surface area (Å²) in [5, 5.41) is 0. The summed E-state index contributed by atoms with van der Waals surface area (Å²) < 4.78 is 0. The van der Waals surface area contributed by atoms with Gasteiger partial charge in [0, 0.05) is 31.3 Å². The molecule has 0 aromatic carbocycles. The highest BCUT2D eigenvalue weighted by Crippen LogP contribution is 2.25. The van der Waals surface area contributed by atoms with Gasteiger partial charge in [0.25, 0.3) is 0 Å². The molecule has 2 rings (SSSR count). The summed E-state index contributed by atoms with van der Waals surface area (Å²) in [5.41, 5.74) is 0. The number of rotatable bonds is 2. The number of hydrogen-bond acceptors (Lipinski definition) is 2. The molecule has 13 heavy (non-hydrogen) atoms. The molecule has 3 heteroatoms. The lowest BCUT2D eigenvalue weighted by Gasteiger charge is -2.35. The average Bonchev–Trinajstić information content (AvgIpc) is 2.70. The van der Waals surface area contributed by atoms with Gasteiger partial charge < -0.3 is 4.90 Å². The first-order valence-corrected chi connectivity index (χ1v) is 5.13. The van der Waals surface area contributed by atoms with Crippen molar-refractivity contribution in [2.75, 3.05) is 13.1 Å². The van der Waals surface area contributed by atoms with E-state index in [-0.39, 0.29) is 0 Å². The summed E-state index contributed by atoms with van der Waals surface area (Å²) in [7, 11) is 0. The minimum absolute atomic E-state index is 0.442. The van der Waals surface area contributed by atoms with Crippen LogP contribution in [0.4, 0.5) is 0 Å². The molecule has 1 fully saturated rings. The number of carbonyl (C=O) groups is 1. The van der Waals surface area contributed by atoms with Gasteiger partial charge >= 0.3 is 0 Å². The van der Waals surface area contributed by atoms with Crippen LogP contribution in [0.25, 0.3) is 0 Å². The molecule has 0 aromatic heterocycles. The van der Waals surface area contributed by atoms with Crippen LogP contribution in [-0.4, -0.2) is 36.7 Å². The van der Waals surface area contributed by atoms with Crippen molar-refractivity contribution in [2.24, 2.45) is 10.9 Å². The van der Waals surface area contributed by atoms with E-state index in [1.54, 1.807) is 0 Å². The highest BCUT2D eigenvalue weighted by Gasteiger charge is 2.29. The molecule has 1 saturated heterocycles. The number of hydrogen-bond donors (Lipinski definition) is 0. The molecule has 0 spiro atoms. The first-order valence-electron chi connectivity index (χ1n) is 5.13. The summed E-state index contributed by atoms with van der Waals surface area (Å²) in [6.07, 6.45) is 7.78. The monoisotopic (exact) mass is 180 g/mol. The van der Waals surface area contributed by atoms with Crippen LogP contribution in [-0.2, 0) is 4.79 Å². The molecule has 1 amide bonds. The third kappa shape index (κ3) is 1.74. The van der Waals surface area contributed by atoms with Gasteiger partial charge in [-0.2, -0.15) is 0 Å². The first-order chi connectivity index (χ1) is 6.42. The van der Waals surface area contributed by atoms with E-state index in [0.717, 1.165) is 32.3 Å². The fourth-order valence-corrected chi connectivity index (χ4v) is 2.37. The molecule has 2 unspecified atom stereocenters. The Balaban J connectivity index is 2.01. The molecule has 0 saturated carbocycles. The Kier molecular flexibility index (Phi) is 2.62. The van der Waals surface area contributed by atoms with Gasteiger partial charge in [-0.05, 0) is 25.7 Å². The van der Waals surface area contributed by atoms with Crippen LogP contribution < -0.4 is 0 Å². The van der Waals surface area contributed by atoms with Gasteiger partial charge in [-0.1, -0.05) is 0 Å². The third-order valence-electron chi connectivity index (χ3n) is 3.11. The Morgan fingerprint density at radius 3 is 3.00 bits per heavy atom. The number of aliphatic imine (C=N–C) groups is 1. The summed E-state index contributed by atoms with van der Waals surface area (Å²) in [5.74, 6) is 0.533. The molecule has 2 aliphatic rings. The number of likely N-dealkylation sites (tertiary alicyclic amines) is 1. The smallest absolute Gasteiger partial charge is 0.209 e. The number of amides is 1. The van der Waals surface area contributed by atoms with E-state index in [1.807, 2.05) is 11.1 Å². The maximum atomic E-state index is 10.8. The van der Waals surface area contributed by atoms with Crippen LogP contribution in [0.2, 0.25) is 0 Å². The van der Waals surface area contributed by atoms with E-state index in [2.05, 4.69) is 4.99 Å². The molecule has 72 valence electrons. The van der Waals surface area contributed by atoms with Crippen LogP contribution >= 0.6 is 0 Å². The molecule has 3 nitrogen and oxygen atoms in total.